The van der Waals surface area contributed by atoms with Crippen molar-refractivity contribution >= 4 is 16.6 Å². The third-order valence-electron chi connectivity index (χ3n) is 2.87. The Hall–Kier alpha value is -2.50. The third-order valence-corrected chi connectivity index (χ3v) is 2.87. The zero-order valence-electron chi connectivity index (χ0n) is 11.7. The molecular weight excluding hydrogens is 257 g/mol. The molecule has 2 aromatic rings. The summed E-state index contributed by atoms with van der Waals surface area (Å²) in [5, 5.41) is 13.2. The average molecular weight is 273 g/mol. The molecule has 6 heteroatoms. The fraction of sp³-hybridized carbons (Fsp3) is 0.214. The molecule has 0 saturated carbocycles. The molecule has 0 bridgehead atoms. The lowest BCUT2D eigenvalue weighted by Crippen LogP contribution is -1.98. The van der Waals surface area contributed by atoms with Crippen LogP contribution < -0.4 is 5.73 Å². The number of aromatic nitrogens is 4. The molecule has 0 aliphatic carbocycles. The van der Waals surface area contributed by atoms with Crippen LogP contribution >= 0.6 is 0 Å². The van der Waals surface area contributed by atoms with Gasteiger partial charge in [-0.25, -0.2) is 9.07 Å². The first-order chi connectivity index (χ1) is 9.43. The first kappa shape index (κ1) is 13.9. The van der Waals surface area contributed by atoms with Crippen molar-refractivity contribution in [2.75, 3.05) is 0 Å². The molecule has 0 aliphatic heterocycles. The first-order valence-corrected chi connectivity index (χ1v) is 6.09. The van der Waals surface area contributed by atoms with E-state index in [1.165, 1.54) is 12.2 Å². The maximum atomic E-state index is 13.4. The highest BCUT2D eigenvalue weighted by molar-refractivity contribution is 5.90. The van der Waals surface area contributed by atoms with Crippen LogP contribution in [0.25, 0.3) is 16.6 Å². The van der Waals surface area contributed by atoms with E-state index in [-0.39, 0.29) is 5.70 Å². The third kappa shape index (κ3) is 2.45. The molecule has 2 aromatic heterocycles. The number of halogens is 1. The van der Waals surface area contributed by atoms with E-state index in [0.29, 0.717) is 16.9 Å². The molecule has 0 radical (unpaired) electrons. The Morgan fingerprint density at radius 1 is 1.45 bits per heavy atom. The normalized spacial score (nSPS) is 13.0. The van der Waals surface area contributed by atoms with Crippen molar-refractivity contribution in [3.63, 3.8) is 0 Å². The second-order valence-corrected chi connectivity index (χ2v) is 4.46. The van der Waals surface area contributed by atoms with E-state index < -0.39 is 5.83 Å². The number of fused-ring (bicyclic) bond motifs is 1. The second-order valence-electron chi connectivity index (χ2n) is 4.46. The summed E-state index contributed by atoms with van der Waals surface area (Å²) in [7, 11) is 1.77. The largest absolute Gasteiger partial charge is 0.396 e. The summed E-state index contributed by atoms with van der Waals surface area (Å²) in [4.78, 5) is 0. The van der Waals surface area contributed by atoms with Crippen LogP contribution in [-0.4, -0.2) is 20.0 Å². The minimum atomic E-state index is -0.484. The molecule has 5 nitrogen and oxygen atoms in total. The van der Waals surface area contributed by atoms with Gasteiger partial charge in [-0.2, -0.15) is 10.2 Å². The minimum Gasteiger partial charge on any atom is -0.396 e. The minimum absolute atomic E-state index is 0.0232. The van der Waals surface area contributed by atoms with Crippen molar-refractivity contribution in [2.45, 2.75) is 13.8 Å². The molecule has 0 unspecified atom stereocenters. The Labute approximate surface area is 116 Å². The molecule has 0 atom stereocenters. The van der Waals surface area contributed by atoms with Gasteiger partial charge in [-0.15, -0.1) is 5.10 Å². The Balaban J connectivity index is 2.53. The van der Waals surface area contributed by atoms with Crippen molar-refractivity contribution in [2.24, 2.45) is 12.8 Å². The van der Waals surface area contributed by atoms with E-state index in [1.54, 1.807) is 18.7 Å². The van der Waals surface area contributed by atoms with Gasteiger partial charge in [0, 0.05) is 7.05 Å². The number of nitrogens with two attached hydrogens (primary N) is 1. The molecule has 2 N–H and O–H groups in total. The second kappa shape index (κ2) is 5.24. The zero-order valence-corrected chi connectivity index (χ0v) is 11.7. The van der Waals surface area contributed by atoms with Crippen molar-refractivity contribution in [3.05, 3.63) is 47.7 Å². The summed E-state index contributed by atoms with van der Waals surface area (Å²) >= 11 is 0. The number of nitrogens with zero attached hydrogens (tertiary/aromatic N) is 4. The van der Waals surface area contributed by atoms with E-state index >= 15 is 0 Å². The molecule has 0 amide bonds. The molecule has 104 valence electrons. The quantitative estimate of drug-likeness (QED) is 0.872. The molecule has 0 aliphatic rings. The van der Waals surface area contributed by atoms with Crippen LogP contribution in [0.3, 0.4) is 0 Å². The predicted molar refractivity (Wildman–Crippen MR) is 77.2 cm³/mol. The van der Waals surface area contributed by atoms with E-state index in [9.17, 15) is 4.39 Å². The fourth-order valence-corrected chi connectivity index (χ4v) is 1.88. The standard InChI is InChI=1S/C14H16FN5/c1-5-11(15)12(16)6-8(2)13-10-7-9(3)17-18-14(10)20(4)19-13/h5-7H,2,16H2,1,3-4H3/b11-5+,12-6+. The van der Waals surface area contributed by atoms with Crippen molar-refractivity contribution in [1.82, 2.24) is 20.0 Å². The first-order valence-electron chi connectivity index (χ1n) is 6.09. The monoisotopic (exact) mass is 273 g/mol. The topological polar surface area (TPSA) is 69.6 Å². The van der Waals surface area contributed by atoms with Crippen molar-refractivity contribution in [3.8, 4) is 0 Å². The molecule has 0 saturated heterocycles. The molecule has 0 fully saturated rings. The van der Waals surface area contributed by atoms with Gasteiger partial charge in [0.15, 0.2) is 5.65 Å². The number of hydrogen-bond donors (Lipinski definition) is 1. The highest BCUT2D eigenvalue weighted by Crippen LogP contribution is 2.24. The van der Waals surface area contributed by atoms with E-state index in [4.69, 9.17) is 5.73 Å². The van der Waals surface area contributed by atoms with Crippen LogP contribution in [0.1, 0.15) is 18.3 Å². The lowest BCUT2D eigenvalue weighted by atomic mass is 10.1. The van der Waals surface area contributed by atoms with E-state index in [2.05, 4.69) is 21.9 Å². The van der Waals surface area contributed by atoms with Gasteiger partial charge in [-0.3, -0.25) is 0 Å². The summed E-state index contributed by atoms with van der Waals surface area (Å²) in [5.41, 5.74) is 8.23. The molecule has 20 heavy (non-hydrogen) atoms. The van der Waals surface area contributed by atoms with E-state index in [1.807, 2.05) is 13.0 Å². The number of allylic oxidation sites excluding steroid dienone is 4. The maximum absolute atomic E-state index is 13.4. The maximum Gasteiger partial charge on any atom is 0.180 e. The Bertz CT molecular complexity index is 739. The molecule has 2 heterocycles. The number of hydrogen-bond acceptors (Lipinski definition) is 4. The van der Waals surface area contributed by atoms with Gasteiger partial charge in [0.1, 0.15) is 11.5 Å². The van der Waals surface area contributed by atoms with Gasteiger partial charge >= 0.3 is 0 Å². The lowest BCUT2D eigenvalue weighted by Gasteiger charge is -2.00. The van der Waals surface area contributed by atoms with Crippen LogP contribution in [0.2, 0.25) is 0 Å². The summed E-state index contributed by atoms with van der Waals surface area (Å²) in [6.07, 6.45) is 2.76. The predicted octanol–water partition coefficient (Wildman–Crippen LogP) is 2.40. The van der Waals surface area contributed by atoms with Crippen LogP contribution in [0.15, 0.2) is 36.3 Å². The summed E-state index contributed by atoms with van der Waals surface area (Å²) in [6, 6.07) is 1.87. The number of aryl methyl sites for hydroxylation is 2. The fourth-order valence-electron chi connectivity index (χ4n) is 1.88. The highest BCUT2D eigenvalue weighted by Gasteiger charge is 2.13. The Morgan fingerprint density at radius 3 is 2.80 bits per heavy atom. The van der Waals surface area contributed by atoms with Crippen LogP contribution in [0.4, 0.5) is 4.39 Å². The smallest absolute Gasteiger partial charge is 0.180 e. The number of rotatable bonds is 3. The SMILES string of the molecule is C=C(/C=C(N)\C(F)=C/C)c1nn(C)c2nnc(C)cc12. The molecular formula is C14H16FN5. The van der Waals surface area contributed by atoms with Gasteiger partial charge in [0.2, 0.25) is 0 Å². The van der Waals surface area contributed by atoms with Crippen LogP contribution in [0, 0.1) is 6.92 Å². The van der Waals surface area contributed by atoms with E-state index in [0.717, 1.165) is 11.1 Å². The lowest BCUT2D eigenvalue weighted by molar-refractivity contribution is 0.646. The highest BCUT2D eigenvalue weighted by atomic mass is 19.1. The van der Waals surface area contributed by atoms with Crippen molar-refractivity contribution < 1.29 is 4.39 Å². The summed E-state index contributed by atoms with van der Waals surface area (Å²) in [6.45, 7) is 7.32. The van der Waals surface area contributed by atoms with Gasteiger partial charge < -0.3 is 5.73 Å². The zero-order chi connectivity index (χ0) is 14.9. The van der Waals surface area contributed by atoms with Gasteiger partial charge in [0.05, 0.1) is 16.8 Å². The molecule has 0 aromatic carbocycles. The van der Waals surface area contributed by atoms with Gasteiger partial charge in [-0.1, -0.05) is 6.58 Å². The Morgan fingerprint density at radius 2 is 2.15 bits per heavy atom. The molecule has 0 spiro atoms. The Kier molecular flexibility index (Phi) is 3.65. The summed E-state index contributed by atoms with van der Waals surface area (Å²) in [5.74, 6) is -0.484. The molecule has 2 rings (SSSR count). The summed E-state index contributed by atoms with van der Waals surface area (Å²) < 4.78 is 15.0. The van der Waals surface area contributed by atoms with Gasteiger partial charge in [-0.05, 0) is 37.6 Å². The van der Waals surface area contributed by atoms with Crippen molar-refractivity contribution in [1.29, 1.82) is 0 Å². The van der Waals surface area contributed by atoms with Crippen LogP contribution in [-0.2, 0) is 7.05 Å². The average Bonchev–Trinajstić information content (AvgIpc) is 2.74. The van der Waals surface area contributed by atoms with Crippen LogP contribution in [0.5, 0.6) is 0 Å². The van der Waals surface area contributed by atoms with Gasteiger partial charge in [0.25, 0.3) is 0 Å².